The van der Waals surface area contributed by atoms with Gasteiger partial charge in [-0.1, -0.05) is 17.7 Å². The molecule has 1 aliphatic carbocycles. The molecule has 2 N–H and O–H groups in total. The van der Waals surface area contributed by atoms with Crippen molar-refractivity contribution < 1.29 is 0 Å². The van der Waals surface area contributed by atoms with Crippen molar-refractivity contribution in [3.63, 3.8) is 0 Å². The van der Waals surface area contributed by atoms with Crippen molar-refractivity contribution in [2.75, 3.05) is 5.32 Å². The van der Waals surface area contributed by atoms with Crippen LogP contribution in [0.1, 0.15) is 41.5 Å². The van der Waals surface area contributed by atoms with E-state index >= 15 is 0 Å². The summed E-state index contributed by atoms with van der Waals surface area (Å²) in [6, 6.07) is 14.3. The van der Waals surface area contributed by atoms with E-state index in [2.05, 4.69) is 56.3 Å². The average Bonchev–Trinajstić information content (AvgIpc) is 3.32. The first-order valence-electron chi connectivity index (χ1n) is 11.5. The van der Waals surface area contributed by atoms with Crippen molar-refractivity contribution in [2.45, 2.75) is 31.7 Å². The predicted molar refractivity (Wildman–Crippen MR) is 134 cm³/mol. The van der Waals surface area contributed by atoms with E-state index in [-0.39, 0.29) is 0 Å². The molecule has 0 unspecified atom stereocenters. The number of aromatic nitrogens is 6. The lowest BCUT2D eigenvalue weighted by atomic mass is 10.2. The van der Waals surface area contributed by atoms with E-state index in [4.69, 9.17) is 21.6 Å². The van der Waals surface area contributed by atoms with E-state index in [9.17, 15) is 0 Å². The van der Waals surface area contributed by atoms with Crippen molar-refractivity contribution in [2.24, 2.45) is 0 Å². The molecular formula is C26H22ClN7. The molecule has 168 valence electrons. The fourth-order valence-corrected chi connectivity index (χ4v) is 4.72. The maximum Gasteiger partial charge on any atom is 0.137 e. The minimum Gasteiger partial charge on any atom is -0.379 e. The van der Waals surface area contributed by atoms with Crippen LogP contribution in [0.4, 0.5) is 5.69 Å². The van der Waals surface area contributed by atoms with Gasteiger partial charge in [0.05, 0.1) is 47.2 Å². The molecule has 6 aromatic rings. The molecule has 8 heteroatoms. The number of hydrogen-bond acceptors (Lipinski definition) is 4. The molecule has 1 fully saturated rings. The highest BCUT2D eigenvalue weighted by atomic mass is 35.5. The highest BCUT2D eigenvalue weighted by Gasteiger charge is 2.23. The van der Waals surface area contributed by atoms with Crippen molar-refractivity contribution in [1.82, 2.24) is 28.7 Å². The Bertz CT molecular complexity index is 1670. The topological polar surface area (TPSA) is 75.3 Å². The molecule has 0 bridgehead atoms. The van der Waals surface area contributed by atoms with Crippen LogP contribution in [0.3, 0.4) is 0 Å². The van der Waals surface area contributed by atoms with Gasteiger partial charge in [0.2, 0.25) is 0 Å². The van der Waals surface area contributed by atoms with Crippen molar-refractivity contribution in [1.29, 1.82) is 0 Å². The molecule has 5 heterocycles. The summed E-state index contributed by atoms with van der Waals surface area (Å²) in [7, 11) is 0. The highest BCUT2D eigenvalue weighted by molar-refractivity contribution is 6.30. The second-order valence-corrected chi connectivity index (χ2v) is 9.45. The van der Waals surface area contributed by atoms with Gasteiger partial charge >= 0.3 is 0 Å². The van der Waals surface area contributed by atoms with Gasteiger partial charge in [0, 0.05) is 29.3 Å². The van der Waals surface area contributed by atoms with E-state index in [1.165, 1.54) is 18.4 Å². The van der Waals surface area contributed by atoms with Gasteiger partial charge in [-0.3, -0.25) is 0 Å². The van der Waals surface area contributed by atoms with Gasteiger partial charge in [-0.2, -0.15) is 0 Å². The van der Waals surface area contributed by atoms with Gasteiger partial charge in [-0.15, -0.1) is 0 Å². The largest absolute Gasteiger partial charge is 0.379 e. The van der Waals surface area contributed by atoms with Crippen LogP contribution in [0.5, 0.6) is 0 Å². The summed E-state index contributed by atoms with van der Waals surface area (Å²) in [6.45, 7) is 0.661. The lowest BCUT2D eigenvalue weighted by Gasteiger charge is -2.03. The SMILES string of the molecule is Clc1ccn2cnc(Cc3nc4ccc(NCc5cn6cc(C7CC7)ccc6n5)cc4[nH]3)c2c1. The number of imidazole rings is 3. The molecule has 7 rings (SSSR count). The lowest BCUT2D eigenvalue weighted by Crippen LogP contribution is -1.99. The number of benzene rings is 1. The summed E-state index contributed by atoms with van der Waals surface area (Å²) in [4.78, 5) is 17.5. The van der Waals surface area contributed by atoms with Crippen LogP contribution < -0.4 is 5.32 Å². The Morgan fingerprint density at radius 2 is 1.97 bits per heavy atom. The summed E-state index contributed by atoms with van der Waals surface area (Å²) < 4.78 is 4.11. The summed E-state index contributed by atoms with van der Waals surface area (Å²) in [5, 5.41) is 4.19. The van der Waals surface area contributed by atoms with Crippen molar-refractivity contribution >= 4 is 39.5 Å². The third-order valence-corrected chi connectivity index (χ3v) is 6.73. The molecule has 1 aliphatic rings. The Morgan fingerprint density at radius 1 is 1.03 bits per heavy atom. The molecule has 0 atom stereocenters. The van der Waals surface area contributed by atoms with E-state index < -0.39 is 0 Å². The predicted octanol–water partition coefficient (Wildman–Crippen LogP) is 5.59. The summed E-state index contributed by atoms with van der Waals surface area (Å²) in [5.41, 5.74) is 8.30. The fourth-order valence-electron chi connectivity index (χ4n) is 4.56. The first-order chi connectivity index (χ1) is 16.7. The standard InChI is InChI=1S/C26H22ClN7/c27-18-7-8-33-15-29-23(24(33)9-18)11-25-31-21-5-4-19(10-22(21)32-25)28-12-20-14-34-13-17(16-1-2-16)3-6-26(34)30-20/h3-10,13-16,28H,1-2,11-12H2,(H,31,32). The fraction of sp³-hybridized carbons (Fsp3) is 0.192. The number of fused-ring (bicyclic) bond motifs is 3. The smallest absolute Gasteiger partial charge is 0.137 e. The first-order valence-corrected chi connectivity index (χ1v) is 11.9. The molecule has 0 aliphatic heterocycles. The zero-order valence-corrected chi connectivity index (χ0v) is 19.1. The van der Waals surface area contributed by atoms with Gasteiger partial charge < -0.3 is 19.1 Å². The van der Waals surface area contributed by atoms with E-state index in [1.807, 2.05) is 28.8 Å². The maximum absolute atomic E-state index is 6.17. The van der Waals surface area contributed by atoms with Crippen LogP contribution in [0.15, 0.2) is 67.4 Å². The minimum absolute atomic E-state index is 0.610. The van der Waals surface area contributed by atoms with E-state index in [1.54, 1.807) is 6.33 Å². The quantitative estimate of drug-likeness (QED) is 0.334. The summed E-state index contributed by atoms with van der Waals surface area (Å²) in [6.07, 6.45) is 11.3. The molecule has 0 radical (unpaired) electrons. The zero-order chi connectivity index (χ0) is 22.6. The van der Waals surface area contributed by atoms with Gasteiger partial charge in [-0.05, 0) is 60.7 Å². The van der Waals surface area contributed by atoms with Gasteiger partial charge in [-0.25, -0.2) is 15.0 Å². The number of nitrogens with zero attached hydrogens (tertiary/aromatic N) is 5. The molecule has 0 amide bonds. The molecule has 5 aromatic heterocycles. The maximum atomic E-state index is 6.17. The molecule has 1 aromatic carbocycles. The van der Waals surface area contributed by atoms with E-state index in [0.717, 1.165) is 51.0 Å². The second-order valence-electron chi connectivity index (χ2n) is 9.01. The highest BCUT2D eigenvalue weighted by Crippen LogP contribution is 2.39. The molecule has 34 heavy (non-hydrogen) atoms. The van der Waals surface area contributed by atoms with Crippen LogP contribution in [0.25, 0.3) is 22.2 Å². The number of halogens is 1. The average molecular weight is 468 g/mol. The number of rotatable bonds is 6. The van der Waals surface area contributed by atoms with Crippen molar-refractivity contribution in [3.8, 4) is 0 Å². The summed E-state index contributed by atoms with van der Waals surface area (Å²) in [5.74, 6) is 1.61. The van der Waals surface area contributed by atoms with Crippen LogP contribution in [-0.4, -0.2) is 28.7 Å². The number of hydrogen-bond donors (Lipinski definition) is 2. The van der Waals surface area contributed by atoms with Crippen LogP contribution in [0.2, 0.25) is 5.02 Å². The Labute approximate surface area is 200 Å². The van der Waals surface area contributed by atoms with E-state index in [0.29, 0.717) is 18.0 Å². The van der Waals surface area contributed by atoms with Crippen LogP contribution in [-0.2, 0) is 13.0 Å². The normalized spacial score (nSPS) is 13.9. The Hall–Kier alpha value is -3.84. The molecule has 0 spiro atoms. The third-order valence-electron chi connectivity index (χ3n) is 6.49. The van der Waals surface area contributed by atoms with Crippen molar-refractivity contribution in [3.05, 3.63) is 95.2 Å². The Morgan fingerprint density at radius 3 is 2.88 bits per heavy atom. The Balaban J connectivity index is 1.09. The summed E-state index contributed by atoms with van der Waals surface area (Å²) >= 11 is 6.17. The number of H-pyrrole nitrogens is 1. The van der Waals surface area contributed by atoms with Crippen LogP contribution in [0, 0.1) is 0 Å². The molecule has 0 saturated heterocycles. The molecule has 7 nitrogen and oxygen atoms in total. The van der Waals surface area contributed by atoms with Gasteiger partial charge in [0.15, 0.2) is 0 Å². The minimum atomic E-state index is 0.610. The lowest BCUT2D eigenvalue weighted by molar-refractivity contribution is 1.01. The van der Waals surface area contributed by atoms with Gasteiger partial charge in [0.1, 0.15) is 11.5 Å². The number of anilines is 1. The molecular weight excluding hydrogens is 446 g/mol. The number of pyridine rings is 2. The first kappa shape index (κ1) is 19.6. The Kier molecular flexibility index (Phi) is 4.38. The van der Waals surface area contributed by atoms with Crippen LogP contribution >= 0.6 is 11.6 Å². The second kappa shape index (κ2) is 7.60. The zero-order valence-electron chi connectivity index (χ0n) is 18.4. The van der Waals surface area contributed by atoms with Gasteiger partial charge in [0.25, 0.3) is 0 Å². The third kappa shape index (κ3) is 3.58. The molecule has 1 saturated carbocycles. The number of nitrogens with one attached hydrogen (secondary N) is 2. The number of aromatic amines is 1. The monoisotopic (exact) mass is 467 g/mol.